The summed E-state index contributed by atoms with van der Waals surface area (Å²) in [5.74, 6) is 1.02. The molecule has 0 radical (unpaired) electrons. The summed E-state index contributed by atoms with van der Waals surface area (Å²) >= 11 is 0. The maximum absolute atomic E-state index is 13.2. The van der Waals surface area contributed by atoms with Gasteiger partial charge >= 0.3 is 5.97 Å². The quantitative estimate of drug-likeness (QED) is 0.757. The fraction of sp³-hybridized carbons (Fsp3) is 0.545. The first-order valence-electron chi connectivity index (χ1n) is 10.1. The first-order valence-corrected chi connectivity index (χ1v) is 10.1. The van der Waals surface area contributed by atoms with Crippen LogP contribution in [-0.2, 0) is 16.0 Å². The number of para-hydroxylation sites is 1. The van der Waals surface area contributed by atoms with Crippen molar-refractivity contribution < 1.29 is 14.7 Å². The van der Waals surface area contributed by atoms with Gasteiger partial charge in [-0.3, -0.25) is 4.79 Å². The molecule has 1 atom stereocenters. The SMILES string of the molecule is O=C(O)[C@@H](Cc1c[nH]c2ccccc12)NC(=O)C12CC3CC(CC(C3)C1)C2. The van der Waals surface area contributed by atoms with Crippen molar-refractivity contribution in [3.63, 3.8) is 0 Å². The molecule has 1 heterocycles. The number of aliphatic carboxylic acids is 1. The van der Waals surface area contributed by atoms with Gasteiger partial charge in [0.1, 0.15) is 6.04 Å². The number of aromatic amines is 1. The van der Waals surface area contributed by atoms with E-state index in [0.29, 0.717) is 24.2 Å². The van der Waals surface area contributed by atoms with Crippen LogP contribution in [0.2, 0.25) is 0 Å². The van der Waals surface area contributed by atoms with Crippen molar-refractivity contribution in [1.82, 2.24) is 10.3 Å². The van der Waals surface area contributed by atoms with Crippen LogP contribution in [0.25, 0.3) is 10.9 Å². The summed E-state index contributed by atoms with van der Waals surface area (Å²) in [7, 11) is 0. The third-order valence-electron chi connectivity index (χ3n) is 7.22. The van der Waals surface area contributed by atoms with Gasteiger partial charge in [-0.2, -0.15) is 0 Å². The van der Waals surface area contributed by atoms with Crippen LogP contribution in [0.15, 0.2) is 30.5 Å². The molecular weight excluding hydrogens is 340 g/mol. The van der Waals surface area contributed by atoms with Gasteiger partial charge in [-0.1, -0.05) is 18.2 Å². The molecule has 5 heteroatoms. The number of carbonyl (C=O) groups excluding carboxylic acids is 1. The van der Waals surface area contributed by atoms with Gasteiger partial charge in [0.25, 0.3) is 0 Å². The number of hydrogen-bond acceptors (Lipinski definition) is 2. The second-order valence-electron chi connectivity index (χ2n) is 9.13. The molecule has 1 aromatic carbocycles. The molecule has 3 N–H and O–H groups in total. The Labute approximate surface area is 158 Å². The van der Waals surface area contributed by atoms with Crippen LogP contribution in [0.1, 0.15) is 44.1 Å². The summed E-state index contributed by atoms with van der Waals surface area (Å²) in [6, 6.07) is 6.98. The van der Waals surface area contributed by atoms with E-state index in [1.165, 1.54) is 19.3 Å². The van der Waals surface area contributed by atoms with Crippen molar-refractivity contribution >= 4 is 22.8 Å². The summed E-state index contributed by atoms with van der Waals surface area (Å²) in [6.07, 6.45) is 8.81. The molecule has 6 rings (SSSR count). The van der Waals surface area contributed by atoms with Gasteiger partial charge in [-0.05, 0) is 67.9 Å². The topological polar surface area (TPSA) is 82.2 Å². The number of amides is 1. The Kier molecular flexibility index (Phi) is 3.81. The summed E-state index contributed by atoms with van der Waals surface area (Å²) < 4.78 is 0. The number of nitrogens with one attached hydrogen (secondary N) is 2. The lowest BCUT2D eigenvalue weighted by Gasteiger charge is -2.55. The molecule has 4 saturated carbocycles. The zero-order valence-corrected chi connectivity index (χ0v) is 15.4. The molecule has 5 nitrogen and oxygen atoms in total. The number of fused-ring (bicyclic) bond motifs is 1. The van der Waals surface area contributed by atoms with Crippen LogP contribution in [0.4, 0.5) is 0 Å². The maximum atomic E-state index is 13.2. The van der Waals surface area contributed by atoms with Crippen LogP contribution in [0.3, 0.4) is 0 Å². The van der Waals surface area contributed by atoms with Gasteiger partial charge in [0, 0.05) is 28.9 Å². The fourth-order valence-electron chi connectivity index (χ4n) is 6.42. The number of rotatable bonds is 5. The zero-order valence-electron chi connectivity index (χ0n) is 15.4. The normalized spacial score (nSPS) is 32.5. The van der Waals surface area contributed by atoms with E-state index >= 15 is 0 Å². The standard InChI is InChI=1S/C22H26N2O3/c25-20(26)19(8-16-12-23-18-4-2-1-3-17(16)18)24-21(27)22-9-13-5-14(10-22)7-15(6-13)11-22/h1-4,12-15,19,23H,5-11H2,(H,24,27)(H,25,26)/t13?,14?,15?,19-,22?/m1/s1. The number of carboxylic acids is 1. The van der Waals surface area contributed by atoms with Crippen molar-refractivity contribution in [2.24, 2.45) is 23.2 Å². The summed E-state index contributed by atoms with van der Waals surface area (Å²) in [5.41, 5.74) is 1.61. The van der Waals surface area contributed by atoms with Gasteiger partial charge in [0.15, 0.2) is 0 Å². The van der Waals surface area contributed by atoms with E-state index in [-0.39, 0.29) is 11.3 Å². The molecule has 0 spiro atoms. The van der Waals surface area contributed by atoms with Gasteiger partial charge in [-0.15, -0.1) is 0 Å². The predicted molar refractivity (Wildman–Crippen MR) is 102 cm³/mol. The molecule has 1 aromatic heterocycles. The minimum atomic E-state index is -0.960. The third-order valence-corrected chi connectivity index (χ3v) is 7.22. The van der Waals surface area contributed by atoms with Crippen LogP contribution in [0, 0.1) is 23.2 Å². The molecule has 27 heavy (non-hydrogen) atoms. The van der Waals surface area contributed by atoms with Gasteiger partial charge in [0.2, 0.25) is 5.91 Å². The monoisotopic (exact) mass is 366 g/mol. The zero-order chi connectivity index (χ0) is 18.6. The molecule has 1 amide bonds. The highest BCUT2D eigenvalue weighted by atomic mass is 16.4. The molecule has 2 aromatic rings. The van der Waals surface area contributed by atoms with Crippen molar-refractivity contribution in [1.29, 1.82) is 0 Å². The molecular formula is C22H26N2O3. The van der Waals surface area contributed by atoms with Crippen molar-refractivity contribution in [3.8, 4) is 0 Å². The van der Waals surface area contributed by atoms with Crippen molar-refractivity contribution in [3.05, 3.63) is 36.0 Å². The minimum Gasteiger partial charge on any atom is -0.480 e. The number of aromatic nitrogens is 1. The number of hydrogen-bond donors (Lipinski definition) is 3. The second kappa shape index (κ2) is 6.11. The van der Waals surface area contributed by atoms with Gasteiger partial charge in [-0.25, -0.2) is 4.79 Å². The Hall–Kier alpha value is -2.30. The van der Waals surface area contributed by atoms with Gasteiger partial charge < -0.3 is 15.4 Å². The largest absolute Gasteiger partial charge is 0.480 e. The average molecular weight is 366 g/mol. The number of H-pyrrole nitrogens is 1. The smallest absolute Gasteiger partial charge is 0.326 e. The van der Waals surface area contributed by atoms with Crippen LogP contribution in [0.5, 0.6) is 0 Å². The molecule has 4 aliphatic rings. The predicted octanol–water partition coefficient (Wildman–Crippen LogP) is 3.50. The van der Waals surface area contributed by atoms with E-state index in [4.69, 9.17) is 0 Å². The maximum Gasteiger partial charge on any atom is 0.326 e. The van der Waals surface area contributed by atoms with E-state index in [0.717, 1.165) is 35.7 Å². The Morgan fingerprint density at radius 3 is 2.37 bits per heavy atom. The van der Waals surface area contributed by atoms with Crippen LogP contribution < -0.4 is 5.32 Å². The Morgan fingerprint density at radius 1 is 1.11 bits per heavy atom. The molecule has 0 unspecified atom stereocenters. The van der Waals surface area contributed by atoms with Crippen LogP contribution >= 0.6 is 0 Å². The van der Waals surface area contributed by atoms with E-state index in [2.05, 4.69) is 10.3 Å². The second-order valence-corrected chi connectivity index (χ2v) is 9.13. The summed E-state index contributed by atoms with van der Waals surface area (Å²) in [6.45, 7) is 0. The summed E-state index contributed by atoms with van der Waals surface area (Å²) in [5, 5.41) is 13.7. The van der Waals surface area contributed by atoms with Crippen LogP contribution in [-0.4, -0.2) is 28.0 Å². The highest BCUT2D eigenvalue weighted by molar-refractivity contribution is 5.89. The number of carbonyl (C=O) groups is 2. The first-order chi connectivity index (χ1) is 13.0. The van der Waals surface area contributed by atoms with E-state index < -0.39 is 12.0 Å². The van der Waals surface area contributed by atoms with Crippen molar-refractivity contribution in [2.45, 2.75) is 51.0 Å². The Balaban J connectivity index is 1.36. The molecule has 0 aliphatic heterocycles. The molecule has 0 saturated heterocycles. The molecule has 4 aliphatic carbocycles. The highest BCUT2D eigenvalue weighted by Crippen LogP contribution is 2.60. The minimum absolute atomic E-state index is 0.0196. The molecule has 4 bridgehead atoms. The molecule has 142 valence electrons. The highest BCUT2D eigenvalue weighted by Gasteiger charge is 2.54. The van der Waals surface area contributed by atoms with E-state index in [1.54, 1.807) is 0 Å². The lowest BCUT2D eigenvalue weighted by Crippen LogP contribution is -2.56. The Morgan fingerprint density at radius 2 is 1.74 bits per heavy atom. The lowest BCUT2D eigenvalue weighted by molar-refractivity contribution is -0.151. The lowest BCUT2D eigenvalue weighted by atomic mass is 9.49. The van der Waals surface area contributed by atoms with E-state index in [9.17, 15) is 14.7 Å². The third kappa shape index (κ3) is 2.84. The molecule has 4 fully saturated rings. The average Bonchev–Trinajstić information content (AvgIpc) is 3.03. The van der Waals surface area contributed by atoms with Gasteiger partial charge in [0.05, 0.1) is 0 Å². The van der Waals surface area contributed by atoms with Crippen molar-refractivity contribution in [2.75, 3.05) is 0 Å². The number of benzene rings is 1. The summed E-state index contributed by atoms with van der Waals surface area (Å²) in [4.78, 5) is 28.3. The van der Waals surface area contributed by atoms with E-state index in [1.807, 2.05) is 30.5 Å². The Bertz CT molecular complexity index is 865. The number of carboxylic acid groups (broad SMARTS) is 1. The fourth-order valence-corrected chi connectivity index (χ4v) is 6.42. The first kappa shape index (κ1) is 16.8.